The lowest BCUT2D eigenvalue weighted by Gasteiger charge is -2.35. The molecule has 8 nitrogen and oxygen atoms in total. The summed E-state index contributed by atoms with van der Waals surface area (Å²) < 4.78 is 10.8. The van der Waals surface area contributed by atoms with Crippen molar-refractivity contribution in [2.75, 3.05) is 67.1 Å². The van der Waals surface area contributed by atoms with Crippen LogP contribution in [0.5, 0.6) is 5.75 Å². The van der Waals surface area contributed by atoms with Gasteiger partial charge in [-0.2, -0.15) is 0 Å². The van der Waals surface area contributed by atoms with Crippen molar-refractivity contribution in [2.45, 2.75) is 13.0 Å². The second kappa shape index (κ2) is 11.5. The number of nitrogens with one attached hydrogen (secondary N) is 2. The molecule has 1 unspecified atom stereocenters. The molecular formula is C20H33N5O3. The van der Waals surface area contributed by atoms with E-state index in [0.29, 0.717) is 12.5 Å². The minimum atomic E-state index is -0.0305. The number of methoxy groups -OCH3 is 1. The van der Waals surface area contributed by atoms with Crippen molar-refractivity contribution in [2.24, 2.45) is 4.99 Å². The fourth-order valence-electron chi connectivity index (χ4n) is 3.00. The molecule has 2 N–H and O–H groups in total. The zero-order valence-electron chi connectivity index (χ0n) is 17.4. The summed E-state index contributed by atoms with van der Waals surface area (Å²) in [6.07, 6.45) is 0. The Morgan fingerprint density at radius 1 is 1.25 bits per heavy atom. The van der Waals surface area contributed by atoms with Gasteiger partial charge in [0.2, 0.25) is 5.91 Å². The Bertz CT molecular complexity index is 627. The molecule has 1 fully saturated rings. The van der Waals surface area contributed by atoms with E-state index in [1.807, 2.05) is 19.1 Å². The van der Waals surface area contributed by atoms with Gasteiger partial charge in [0.25, 0.3) is 0 Å². The molecule has 1 saturated heterocycles. The van der Waals surface area contributed by atoms with E-state index in [1.165, 1.54) is 5.56 Å². The Labute approximate surface area is 167 Å². The molecule has 8 heteroatoms. The van der Waals surface area contributed by atoms with E-state index in [1.54, 1.807) is 26.1 Å². The van der Waals surface area contributed by atoms with Gasteiger partial charge in [-0.15, -0.1) is 0 Å². The number of amides is 1. The molecule has 1 aliphatic heterocycles. The van der Waals surface area contributed by atoms with Crippen molar-refractivity contribution in [3.05, 3.63) is 29.8 Å². The van der Waals surface area contributed by atoms with Gasteiger partial charge in [0.15, 0.2) is 5.96 Å². The highest BCUT2D eigenvalue weighted by Gasteiger charge is 2.23. The average Bonchev–Trinajstić information content (AvgIpc) is 2.73. The van der Waals surface area contributed by atoms with E-state index >= 15 is 0 Å². The minimum absolute atomic E-state index is 0.0305. The number of benzene rings is 1. The van der Waals surface area contributed by atoms with Crippen molar-refractivity contribution in [3.8, 4) is 5.75 Å². The van der Waals surface area contributed by atoms with Crippen LogP contribution in [-0.2, 0) is 9.53 Å². The zero-order chi connectivity index (χ0) is 20.4. The number of guanidine groups is 1. The first-order valence-corrected chi connectivity index (χ1v) is 9.73. The Morgan fingerprint density at radius 3 is 2.50 bits per heavy atom. The van der Waals surface area contributed by atoms with Gasteiger partial charge < -0.3 is 25.0 Å². The van der Waals surface area contributed by atoms with Crippen LogP contribution >= 0.6 is 0 Å². The number of carbonyl (C=O) groups excluding carboxylic acids is 1. The molecule has 0 bridgehead atoms. The largest absolute Gasteiger partial charge is 0.497 e. The highest BCUT2D eigenvalue weighted by atomic mass is 16.5. The van der Waals surface area contributed by atoms with Crippen LogP contribution < -0.4 is 15.4 Å². The van der Waals surface area contributed by atoms with Crippen LogP contribution in [0.15, 0.2) is 29.3 Å². The molecule has 1 aromatic carbocycles. The number of likely N-dealkylation sites (N-methyl/N-ethyl adjacent to an activating group) is 1. The highest BCUT2D eigenvalue weighted by molar-refractivity contribution is 5.84. The summed E-state index contributed by atoms with van der Waals surface area (Å²) in [5, 5.41) is 6.60. The van der Waals surface area contributed by atoms with Crippen LogP contribution in [0.2, 0.25) is 0 Å². The van der Waals surface area contributed by atoms with Crippen LogP contribution in [0, 0.1) is 0 Å². The lowest BCUT2D eigenvalue weighted by molar-refractivity contribution is -0.127. The maximum absolute atomic E-state index is 11.8. The molecule has 156 valence electrons. The van der Waals surface area contributed by atoms with Gasteiger partial charge in [-0.05, 0) is 24.6 Å². The van der Waals surface area contributed by atoms with Gasteiger partial charge in [-0.3, -0.25) is 9.69 Å². The molecule has 0 aliphatic carbocycles. The number of morpholine rings is 1. The smallest absolute Gasteiger partial charge is 0.243 e. The molecule has 0 spiro atoms. The quantitative estimate of drug-likeness (QED) is 0.502. The number of carbonyl (C=O) groups is 1. The molecule has 28 heavy (non-hydrogen) atoms. The van der Waals surface area contributed by atoms with Gasteiger partial charge in [0, 0.05) is 40.3 Å². The number of hydrogen-bond donors (Lipinski definition) is 2. The first-order valence-electron chi connectivity index (χ1n) is 9.73. The van der Waals surface area contributed by atoms with Crippen LogP contribution in [0.1, 0.15) is 18.5 Å². The summed E-state index contributed by atoms with van der Waals surface area (Å²) in [6.45, 7) is 6.76. The molecule has 0 aromatic heterocycles. The SMILES string of the molecule is CCNC(=NCC(=O)N(C)C)NCC(c1ccc(OC)cc1)N1CCOCC1. The number of aliphatic imine (C=N–C) groups is 1. The summed E-state index contributed by atoms with van der Waals surface area (Å²) >= 11 is 0. The first kappa shape index (κ1) is 22.0. The fourth-order valence-corrected chi connectivity index (χ4v) is 3.00. The van der Waals surface area contributed by atoms with E-state index in [9.17, 15) is 4.79 Å². The summed E-state index contributed by atoms with van der Waals surface area (Å²) in [6, 6.07) is 8.33. The fraction of sp³-hybridized carbons (Fsp3) is 0.600. The molecular weight excluding hydrogens is 358 g/mol. The molecule has 1 atom stereocenters. The third kappa shape index (κ3) is 6.69. The standard InChI is InChI=1S/C20H33N5O3/c1-5-21-20(23-15-19(26)24(2)3)22-14-18(25-10-12-28-13-11-25)16-6-8-17(27-4)9-7-16/h6-9,18H,5,10-15H2,1-4H3,(H2,21,22,23). The predicted molar refractivity (Wildman–Crippen MR) is 111 cm³/mol. The summed E-state index contributed by atoms with van der Waals surface area (Å²) in [5.41, 5.74) is 1.20. The maximum atomic E-state index is 11.8. The van der Waals surface area contributed by atoms with Crippen LogP contribution in [0.25, 0.3) is 0 Å². The van der Waals surface area contributed by atoms with E-state index in [2.05, 4.69) is 32.7 Å². The highest BCUT2D eigenvalue weighted by Crippen LogP contribution is 2.23. The molecule has 1 heterocycles. The Morgan fingerprint density at radius 2 is 1.93 bits per heavy atom. The van der Waals surface area contributed by atoms with Gasteiger partial charge in [0.05, 0.1) is 26.4 Å². The monoisotopic (exact) mass is 391 g/mol. The van der Waals surface area contributed by atoms with E-state index in [0.717, 1.165) is 38.6 Å². The predicted octanol–water partition coefficient (Wildman–Crippen LogP) is 0.712. The molecule has 1 aliphatic rings. The van der Waals surface area contributed by atoms with Crippen LogP contribution in [-0.4, -0.2) is 88.8 Å². The molecule has 2 rings (SSSR count). The summed E-state index contributed by atoms with van der Waals surface area (Å²) in [5.74, 6) is 1.45. The molecule has 0 saturated carbocycles. The van der Waals surface area contributed by atoms with Crippen molar-refractivity contribution in [1.29, 1.82) is 0 Å². The summed E-state index contributed by atoms with van der Waals surface area (Å²) in [7, 11) is 5.14. The topological polar surface area (TPSA) is 78.4 Å². The number of hydrogen-bond acceptors (Lipinski definition) is 5. The minimum Gasteiger partial charge on any atom is -0.497 e. The maximum Gasteiger partial charge on any atom is 0.243 e. The normalized spacial score (nSPS) is 16.4. The second-order valence-electron chi connectivity index (χ2n) is 6.80. The van der Waals surface area contributed by atoms with Gasteiger partial charge >= 0.3 is 0 Å². The van der Waals surface area contributed by atoms with Gasteiger partial charge in [-0.1, -0.05) is 12.1 Å². The second-order valence-corrected chi connectivity index (χ2v) is 6.80. The Kier molecular flexibility index (Phi) is 9.03. The van der Waals surface area contributed by atoms with Crippen molar-refractivity contribution in [1.82, 2.24) is 20.4 Å². The third-order valence-corrected chi connectivity index (χ3v) is 4.67. The zero-order valence-corrected chi connectivity index (χ0v) is 17.4. The van der Waals surface area contributed by atoms with Gasteiger partial charge in [0.1, 0.15) is 12.3 Å². The summed E-state index contributed by atoms with van der Waals surface area (Å²) in [4.78, 5) is 20.2. The first-order chi connectivity index (χ1) is 13.5. The van der Waals surface area contributed by atoms with E-state index in [-0.39, 0.29) is 18.5 Å². The van der Waals surface area contributed by atoms with E-state index in [4.69, 9.17) is 9.47 Å². The Hall–Kier alpha value is -2.32. The number of ether oxygens (including phenoxy) is 2. The third-order valence-electron chi connectivity index (χ3n) is 4.67. The number of nitrogens with zero attached hydrogens (tertiary/aromatic N) is 3. The van der Waals surface area contributed by atoms with Crippen molar-refractivity contribution < 1.29 is 14.3 Å². The lowest BCUT2D eigenvalue weighted by Crippen LogP contribution is -2.46. The average molecular weight is 392 g/mol. The van der Waals surface area contributed by atoms with Crippen LogP contribution in [0.3, 0.4) is 0 Å². The molecule has 0 radical (unpaired) electrons. The molecule has 1 aromatic rings. The van der Waals surface area contributed by atoms with Gasteiger partial charge in [-0.25, -0.2) is 4.99 Å². The van der Waals surface area contributed by atoms with E-state index < -0.39 is 0 Å². The number of rotatable bonds is 8. The Balaban J connectivity index is 2.10. The lowest BCUT2D eigenvalue weighted by atomic mass is 10.0. The van der Waals surface area contributed by atoms with Crippen molar-refractivity contribution in [3.63, 3.8) is 0 Å². The van der Waals surface area contributed by atoms with Crippen LogP contribution in [0.4, 0.5) is 0 Å². The molecule has 1 amide bonds. The van der Waals surface area contributed by atoms with Crippen molar-refractivity contribution >= 4 is 11.9 Å².